The number of nitrogens with one attached hydrogen (secondary N) is 2. The van der Waals surface area contributed by atoms with Gasteiger partial charge in [-0.1, -0.05) is 0 Å². The van der Waals surface area contributed by atoms with Crippen LogP contribution in [-0.2, 0) is 16.1 Å². The second-order valence-corrected chi connectivity index (χ2v) is 8.59. The minimum atomic E-state index is -0.271. The number of benzene rings is 1. The Balaban J connectivity index is 1.45. The number of morpholine rings is 1. The molecule has 3 aromatic rings. The van der Waals surface area contributed by atoms with E-state index < -0.39 is 0 Å². The molecule has 10 nitrogen and oxygen atoms in total. The van der Waals surface area contributed by atoms with Crippen molar-refractivity contribution in [1.82, 2.24) is 19.9 Å². The number of aromatic nitrogens is 3. The summed E-state index contributed by atoms with van der Waals surface area (Å²) in [5, 5.41) is 6.47. The Morgan fingerprint density at radius 1 is 1.15 bits per heavy atom. The fourth-order valence-electron chi connectivity index (χ4n) is 4.58. The van der Waals surface area contributed by atoms with Gasteiger partial charge in [0.25, 0.3) is 0 Å². The van der Waals surface area contributed by atoms with Crippen molar-refractivity contribution in [3.05, 3.63) is 36.2 Å². The van der Waals surface area contributed by atoms with Crippen LogP contribution in [0.5, 0.6) is 5.75 Å². The Morgan fingerprint density at radius 3 is 2.82 bits per heavy atom. The van der Waals surface area contributed by atoms with Crippen molar-refractivity contribution >= 4 is 34.4 Å². The highest BCUT2D eigenvalue weighted by atomic mass is 16.5. The first-order valence-corrected chi connectivity index (χ1v) is 11.3. The van der Waals surface area contributed by atoms with Crippen molar-refractivity contribution < 1.29 is 19.0 Å². The maximum Gasteiger partial charge on any atom is 0.328 e. The second kappa shape index (κ2) is 8.20. The number of carbonyl (C=O) groups is 1. The molecular formula is C23H26N6O4. The van der Waals surface area contributed by atoms with E-state index in [1.807, 2.05) is 0 Å². The molecule has 33 heavy (non-hydrogen) atoms. The molecule has 2 aliphatic heterocycles. The quantitative estimate of drug-likeness (QED) is 0.614. The zero-order valence-corrected chi connectivity index (χ0v) is 18.4. The van der Waals surface area contributed by atoms with Crippen molar-refractivity contribution in [1.29, 1.82) is 0 Å². The van der Waals surface area contributed by atoms with Gasteiger partial charge < -0.3 is 29.7 Å². The fourth-order valence-corrected chi connectivity index (χ4v) is 4.58. The molecule has 0 unspecified atom stereocenters. The summed E-state index contributed by atoms with van der Waals surface area (Å²) in [4.78, 5) is 24.4. The molecule has 1 amide bonds. The molecule has 1 saturated heterocycles. The zero-order chi connectivity index (χ0) is 22.4. The largest absolute Gasteiger partial charge is 0.494 e. The van der Waals surface area contributed by atoms with E-state index in [1.54, 1.807) is 13.2 Å². The molecule has 4 heterocycles. The SMILES string of the molecule is COc1cc2nc3c1ncn3C(=O)N[C@@H]1CC[C@H]1OCc1cc(cc(N3CCOCC3)c1)N2. The van der Waals surface area contributed by atoms with Gasteiger partial charge in [0.2, 0.25) is 0 Å². The van der Waals surface area contributed by atoms with Gasteiger partial charge in [-0.25, -0.2) is 19.3 Å². The van der Waals surface area contributed by atoms with Gasteiger partial charge in [-0.15, -0.1) is 0 Å². The number of pyridine rings is 1. The summed E-state index contributed by atoms with van der Waals surface area (Å²) in [6.45, 7) is 3.59. The Labute approximate surface area is 190 Å². The highest BCUT2D eigenvalue weighted by Gasteiger charge is 2.34. The fraction of sp³-hybridized carbons (Fsp3) is 0.435. The van der Waals surface area contributed by atoms with Crippen LogP contribution in [0.15, 0.2) is 30.6 Å². The first-order valence-electron chi connectivity index (χ1n) is 11.3. The van der Waals surface area contributed by atoms with Crippen molar-refractivity contribution in [2.75, 3.05) is 43.6 Å². The van der Waals surface area contributed by atoms with E-state index in [0.29, 0.717) is 42.6 Å². The van der Waals surface area contributed by atoms with Crippen LogP contribution in [0, 0.1) is 0 Å². The number of carbonyl (C=O) groups excluding carboxylic acids is 1. The van der Waals surface area contributed by atoms with E-state index in [-0.39, 0.29) is 18.2 Å². The molecule has 2 fully saturated rings. The predicted molar refractivity (Wildman–Crippen MR) is 122 cm³/mol. The van der Waals surface area contributed by atoms with Crippen LogP contribution in [0.25, 0.3) is 11.2 Å². The van der Waals surface area contributed by atoms with Crippen LogP contribution in [-0.4, -0.2) is 66.1 Å². The van der Waals surface area contributed by atoms with Gasteiger partial charge in [-0.05, 0) is 36.6 Å². The van der Waals surface area contributed by atoms with Crippen LogP contribution in [0.3, 0.4) is 0 Å². The third-order valence-electron chi connectivity index (χ3n) is 6.52. The third kappa shape index (κ3) is 3.75. The number of methoxy groups -OCH3 is 1. The van der Waals surface area contributed by atoms with Gasteiger partial charge in [0.1, 0.15) is 12.1 Å². The van der Waals surface area contributed by atoms with Crippen LogP contribution >= 0.6 is 0 Å². The molecule has 2 N–H and O–H groups in total. The Hall–Kier alpha value is -3.37. The Bertz CT molecular complexity index is 1210. The summed E-state index contributed by atoms with van der Waals surface area (Å²) in [6, 6.07) is 7.84. The van der Waals surface area contributed by atoms with E-state index in [1.165, 1.54) is 10.9 Å². The number of hydrogen-bond acceptors (Lipinski definition) is 8. The molecule has 3 aliphatic rings. The molecule has 1 aliphatic carbocycles. The van der Waals surface area contributed by atoms with Gasteiger partial charge in [-0.3, -0.25) is 0 Å². The zero-order valence-electron chi connectivity index (χ0n) is 18.4. The average Bonchev–Trinajstić information content (AvgIpc) is 3.25. The van der Waals surface area contributed by atoms with E-state index in [2.05, 4.69) is 38.7 Å². The highest BCUT2D eigenvalue weighted by Crippen LogP contribution is 2.32. The molecule has 2 aromatic heterocycles. The number of fused-ring (bicyclic) bond motifs is 4. The van der Waals surface area contributed by atoms with E-state index in [9.17, 15) is 4.79 Å². The lowest BCUT2D eigenvalue weighted by molar-refractivity contribution is -0.0323. The van der Waals surface area contributed by atoms with Crippen LogP contribution in [0.4, 0.5) is 22.0 Å². The van der Waals surface area contributed by atoms with Gasteiger partial charge in [0.15, 0.2) is 16.9 Å². The number of anilines is 3. The number of ether oxygens (including phenoxy) is 3. The van der Waals surface area contributed by atoms with Crippen LogP contribution in [0.2, 0.25) is 0 Å². The lowest BCUT2D eigenvalue weighted by Crippen LogP contribution is -2.52. The summed E-state index contributed by atoms with van der Waals surface area (Å²) in [7, 11) is 1.59. The smallest absolute Gasteiger partial charge is 0.328 e. The number of amides is 1. The van der Waals surface area contributed by atoms with Gasteiger partial charge in [-0.2, -0.15) is 0 Å². The van der Waals surface area contributed by atoms with Gasteiger partial charge in [0.05, 0.1) is 39.1 Å². The minimum absolute atomic E-state index is 0.0202. The van der Waals surface area contributed by atoms with Crippen LogP contribution in [0.1, 0.15) is 18.4 Å². The third-order valence-corrected chi connectivity index (χ3v) is 6.52. The maximum absolute atomic E-state index is 13.0. The molecule has 0 spiro atoms. The van der Waals surface area contributed by atoms with Crippen molar-refractivity contribution in [2.45, 2.75) is 31.6 Å². The molecule has 1 saturated carbocycles. The van der Waals surface area contributed by atoms with E-state index in [4.69, 9.17) is 19.2 Å². The number of nitrogens with zero attached hydrogens (tertiary/aromatic N) is 4. The van der Waals surface area contributed by atoms with Crippen molar-refractivity contribution in [3.8, 4) is 5.75 Å². The van der Waals surface area contributed by atoms with E-state index in [0.717, 1.165) is 42.9 Å². The number of rotatable bonds is 2. The molecule has 2 atom stereocenters. The summed E-state index contributed by atoms with van der Waals surface area (Å²) in [6.07, 6.45) is 3.26. The molecule has 6 rings (SSSR count). The molecule has 4 bridgehead atoms. The topological polar surface area (TPSA) is 103 Å². The summed E-state index contributed by atoms with van der Waals surface area (Å²) in [5.41, 5.74) is 4.05. The first kappa shape index (κ1) is 20.3. The van der Waals surface area contributed by atoms with Gasteiger partial charge >= 0.3 is 6.03 Å². The highest BCUT2D eigenvalue weighted by molar-refractivity contribution is 5.91. The number of hydrogen-bond donors (Lipinski definition) is 2. The molecule has 1 aromatic carbocycles. The predicted octanol–water partition coefficient (Wildman–Crippen LogP) is 2.64. The van der Waals surface area contributed by atoms with Crippen LogP contribution < -0.4 is 20.3 Å². The normalized spacial score (nSPS) is 22.7. The molecule has 0 radical (unpaired) electrons. The lowest BCUT2D eigenvalue weighted by atomic mass is 9.89. The van der Waals surface area contributed by atoms with Crippen molar-refractivity contribution in [2.24, 2.45) is 0 Å². The Kier molecular flexibility index (Phi) is 5.03. The number of imidazole rings is 1. The minimum Gasteiger partial charge on any atom is -0.494 e. The molecular weight excluding hydrogens is 424 g/mol. The summed E-state index contributed by atoms with van der Waals surface area (Å²) in [5.74, 6) is 1.12. The molecule has 172 valence electrons. The second-order valence-electron chi connectivity index (χ2n) is 8.59. The van der Waals surface area contributed by atoms with E-state index >= 15 is 0 Å². The van der Waals surface area contributed by atoms with Gasteiger partial charge in [0, 0.05) is 30.5 Å². The summed E-state index contributed by atoms with van der Waals surface area (Å²) < 4.78 is 18.7. The maximum atomic E-state index is 13.0. The monoisotopic (exact) mass is 450 g/mol. The summed E-state index contributed by atoms with van der Waals surface area (Å²) >= 11 is 0. The first-order chi connectivity index (χ1) is 16.2. The molecule has 10 heteroatoms. The van der Waals surface area contributed by atoms with Crippen molar-refractivity contribution in [3.63, 3.8) is 0 Å². The Morgan fingerprint density at radius 2 is 2.03 bits per heavy atom. The average molecular weight is 450 g/mol. The standard InChI is InChI=1S/C23H26N6O4/c1-31-19-11-20-25-15-8-14(9-16(10-15)28-4-6-32-7-5-28)12-33-18-3-2-17(18)26-23(30)29-13-24-21(19)22(29)27-20/h8-11,13,17-18H,2-7,12H2,1H3,(H,25,27)(H,26,30)/t17-,18-/m1/s1. The lowest BCUT2D eigenvalue weighted by Gasteiger charge is -2.37.